The summed E-state index contributed by atoms with van der Waals surface area (Å²) in [6.07, 6.45) is 0.889. The molecule has 82 valence electrons. The van der Waals surface area contributed by atoms with Crippen molar-refractivity contribution >= 4 is 5.97 Å². The fraction of sp³-hybridized carbons (Fsp3) is 0.900. The fourth-order valence-electron chi connectivity index (χ4n) is 1.71. The standard InChI is InChI=1S/C10H20N2O2/c1-5-8-7(6-12(8)11)9(13)14-10(2,3)4/h7-8H,5-6,11H2,1-4H3/t7-,8+/m1/s1. The van der Waals surface area contributed by atoms with Crippen LogP contribution in [0.25, 0.3) is 0 Å². The second-order valence-electron chi connectivity index (χ2n) is 4.81. The minimum Gasteiger partial charge on any atom is -0.460 e. The van der Waals surface area contributed by atoms with Crippen molar-refractivity contribution in [1.29, 1.82) is 0 Å². The number of esters is 1. The van der Waals surface area contributed by atoms with Gasteiger partial charge in [-0.15, -0.1) is 0 Å². The highest BCUT2D eigenvalue weighted by Gasteiger charge is 2.42. The first-order valence-corrected chi connectivity index (χ1v) is 5.09. The number of hydrogen-bond donors (Lipinski definition) is 1. The molecule has 0 aliphatic carbocycles. The van der Waals surface area contributed by atoms with Crippen LogP contribution in [0.1, 0.15) is 34.1 Å². The molecule has 0 bridgehead atoms. The molecule has 4 heteroatoms. The van der Waals surface area contributed by atoms with E-state index in [0.29, 0.717) is 6.54 Å². The van der Waals surface area contributed by atoms with Crippen LogP contribution in [-0.4, -0.2) is 29.2 Å². The number of hydrogen-bond acceptors (Lipinski definition) is 4. The SMILES string of the molecule is CC[C@H]1[C@H](C(=O)OC(C)(C)C)CN1N. The molecule has 0 radical (unpaired) electrons. The molecule has 4 nitrogen and oxygen atoms in total. The molecule has 14 heavy (non-hydrogen) atoms. The van der Waals surface area contributed by atoms with Crippen LogP contribution in [0.3, 0.4) is 0 Å². The Hall–Kier alpha value is -0.610. The Morgan fingerprint density at radius 1 is 1.57 bits per heavy atom. The van der Waals surface area contributed by atoms with Crippen molar-refractivity contribution < 1.29 is 9.53 Å². The Morgan fingerprint density at radius 2 is 2.14 bits per heavy atom. The largest absolute Gasteiger partial charge is 0.460 e. The van der Waals surface area contributed by atoms with E-state index in [9.17, 15) is 4.79 Å². The summed E-state index contributed by atoms with van der Waals surface area (Å²) in [6, 6.07) is 0.157. The number of ether oxygens (including phenoxy) is 1. The van der Waals surface area contributed by atoms with Gasteiger partial charge in [-0.05, 0) is 27.2 Å². The zero-order valence-corrected chi connectivity index (χ0v) is 9.41. The molecular formula is C10H20N2O2. The van der Waals surface area contributed by atoms with Gasteiger partial charge >= 0.3 is 5.97 Å². The van der Waals surface area contributed by atoms with E-state index < -0.39 is 5.60 Å². The molecule has 0 unspecified atom stereocenters. The summed E-state index contributed by atoms with van der Waals surface area (Å²) in [5, 5.41) is 1.70. The highest BCUT2D eigenvalue weighted by atomic mass is 16.6. The molecule has 0 saturated carbocycles. The van der Waals surface area contributed by atoms with Gasteiger partial charge in [-0.2, -0.15) is 0 Å². The van der Waals surface area contributed by atoms with Crippen LogP contribution in [0.2, 0.25) is 0 Å². The van der Waals surface area contributed by atoms with E-state index >= 15 is 0 Å². The Balaban J connectivity index is 2.47. The second kappa shape index (κ2) is 3.87. The summed E-state index contributed by atoms with van der Waals surface area (Å²) in [5.41, 5.74) is -0.398. The molecule has 2 N–H and O–H groups in total. The third-order valence-electron chi connectivity index (χ3n) is 2.43. The summed E-state index contributed by atoms with van der Waals surface area (Å²) in [5.74, 6) is 5.49. The number of nitrogens with zero attached hydrogens (tertiary/aromatic N) is 1. The topological polar surface area (TPSA) is 55.6 Å². The summed E-state index contributed by atoms with van der Waals surface area (Å²) in [6.45, 7) is 8.29. The van der Waals surface area contributed by atoms with Crippen LogP contribution in [0.5, 0.6) is 0 Å². The summed E-state index contributed by atoms with van der Waals surface area (Å²) >= 11 is 0. The van der Waals surface area contributed by atoms with Gasteiger partial charge in [-0.3, -0.25) is 10.6 Å². The Bertz CT molecular complexity index is 223. The molecular weight excluding hydrogens is 180 g/mol. The van der Waals surface area contributed by atoms with Crippen molar-refractivity contribution in [3.05, 3.63) is 0 Å². The molecule has 0 aromatic heterocycles. The van der Waals surface area contributed by atoms with E-state index in [0.717, 1.165) is 6.42 Å². The van der Waals surface area contributed by atoms with Gasteiger partial charge in [-0.25, -0.2) is 5.01 Å². The molecule has 1 saturated heterocycles. The second-order valence-corrected chi connectivity index (χ2v) is 4.81. The first-order chi connectivity index (χ1) is 6.35. The van der Waals surface area contributed by atoms with Gasteiger partial charge in [0, 0.05) is 12.6 Å². The van der Waals surface area contributed by atoms with Crippen molar-refractivity contribution in [2.24, 2.45) is 11.8 Å². The fourth-order valence-corrected chi connectivity index (χ4v) is 1.71. The molecule has 1 fully saturated rings. The van der Waals surface area contributed by atoms with E-state index in [1.54, 1.807) is 5.01 Å². The lowest BCUT2D eigenvalue weighted by atomic mass is 9.88. The van der Waals surface area contributed by atoms with Crippen LogP contribution in [-0.2, 0) is 9.53 Å². The lowest BCUT2D eigenvalue weighted by Gasteiger charge is -2.43. The Morgan fingerprint density at radius 3 is 2.50 bits per heavy atom. The van der Waals surface area contributed by atoms with E-state index in [1.165, 1.54) is 0 Å². The molecule has 0 spiro atoms. The molecule has 2 atom stereocenters. The van der Waals surface area contributed by atoms with Crippen molar-refractivity contribution in [2.75, 3.05) is 6.54 Å². The third kappa shape index (κ3) is 2.45. The highest BCUT2D eigenvalue weighted by Crippen LogP contribution is 2.26. The van der Waals surface area contributed by atoms with Crippen molar-refractivity contribution in [1.82, 2.24) is 5.01 Å². The van der Waals surface area contributed by atoms with Crippen molar-refractivity contribution in [3.8, 4) is 0 Å². The first kappa shape index (κ1) is 11.5. The van der Waals surface area contributed by atoms with E-state index in [2.05, 4.69) is 0 Å². The smallest absolute Gasteiger partial charge is 0.312 e. The molecule has 1 rings (SSSR count). The van der Waals surface area contributed by atoms with Gasteiger partial charge in [0.1, 0.15) is 5.60 Å². The van der Waals surface area contributed by atoms with Gasteiger partial charge in [0.15, 0.2) is 0 Å². The number of nitrogens with two attached hydrogens (primary N) is 1. The quantitative estimate of drug-likeness (QED) is 0.532. The van der Waals surface area contributed by atoms with Crippen LogP contribution in [0, 0.1) is 5.92 Å². The number of carbonyl (C=O) groups excluding carboxylic acids is 1. The first-order valence-electron chi connectivity index (χ1n) is 5.09. The molecule has 1 heterocycles. The van der Waals surface area contributed by atoms with E-state index in [-0.39, 0.29) is 17.9 Å². The van der Waals surface area contributed by atoms with Crippen molar-refractivity contribution in [2.45, 2.75) is 45.8 Å². The number of carbonyl (C=O) groups is 1. The minimum atomic E-state index is -0.398. The summed E-state index contributed by atoms with van der Waals surface area (Å²) in [7, 11) is 0. The van der Waals surface area contributed by atoms with Crippen LogP contribution < -0.4 is 5.84 Å². The molecule has 1 aliphatic rings. The van der Waals surface area contributed by atoms with Gasteiger partial charge in [0.05, 0.1) is 5.92 Å². The maximum Gasteiger partial charge on any atom is 0.312 e. The van der Waals surface area contributed by atoms with E-state index in [4.69, 9.17) is 10.6 Å². The van der Waals surface area contributed by atoms with Gasteiger partial charge in [0.2, 0.25) is 0 Å². The monoisotopic (exact) mass is 200 g/mol. The van der Waals surface area contributed by atoms with Crippen LogP contribution >= 0.6 is 0 Å². The van der Waals surface area contributed by atoms with Crippen molar-refractivity contribution in [3.63, 3.8) is 0 Å². The third-order valence-corrected chi connectivity index (χ3v) is 2.43. The minimum absolute atomic E-state index is 0.0378. The number of rotatable bonds is 2. The Kier molecular flexibility index (Phi) is 3.17. The number of hydrazine groups is 1. The predicted molar refractivity (Wildman–Crippen MR) is 54.3 cm³/mol. The highest BCUT2D eigenvalue weighted by molar-refractivity contribution is 5.75. The van der Waals surface area contributed by atoms with Crippen LogP contribution in [0.15, 0.2) is 0 Å². The van der Waals surface area contributed by atoms with Gasteiger partial charge < -0.3 is 4.74 Å². The zero-order chi connectivity index (χ0) is 10.9. The molecule has 1 aliphatic heterocycles. The average molecular weight is 200 g/mol. The van der Waals surface area contributed by atoms with Crippen LogP contribution in [0.4, 0.5) is 0 Å². The summed E-state index contributed by atoms with van der Waals surface area (Å²) in [4.78, 5) is 11.7. The van der Waals surface area contributed by atoms with Gasteiger partial charge in [0.25, 0.3) is 0 Å². The average Bonchev–Trinajstić information content (AvgIpc) is 1.97. The predicted octanol–water partition coefficient (Wildman–Crippen LogP) is 0.912. The maximum absolute atomic E-state index is 11.7. The lowest BCUT2D eigenvalue weighted by Crippen LogP contribution is -2.62. The lowest BCUT2D eigenvalue weighted by molar-refractivity contribution is -0.171. The normalized spacial score (nSPS) is 28.4. The Labute approximate surface area is 85.4 Å². The molecule has 0 aromatic carbocycles. The van der Waals surface area contributed by atoms with E-state index in [1.807, 2.05) is 27.7 Å². The molecule has 0 amide bonds. The summed E-state index contributed by atoms with van der Waals surface area (Å²) < 4.78 is 5.30. The molecule has 0 aromatic rings. The maximum atomic E-state index is 11.7. The zero-order valence-electron chi connectivity index (χ0n) is 9.41. The van der Waals surface area contributed by atoms with Gasteiger partial charge in [-0.1, -0.05) is 6.92 Å².